The standard InChI is InChI=1S/C24H24ClN3O4S/c1-16-5-9-20(10-6-16)33(30,31)22-24(32-21(26-22)18-3-2-4-19(25)15-18)28-13-11-27(12-14-28)23(29)17-7-8-17/h2-6,9-10,15,17H,7-8,11-14H2,1H3. The van der Waals surface area contributed by atoms with Gasteiger partial charge in [0.2, 0.25) is 32.5 Å². The van der Waals surface area contributed by atoms with E-state index in [9.17, 15) is 13.2 Å². The summed E-state index contributed by atoms with van der Waals surface area (Å²) >= 11 is 6.13. The number of halogens is 1. The summed E-state index contributed by atoms with van der Waals surface area (Å²) in [5.74, 6) is 0.742. The fourth-order valence-corrected chi connectivity index (χ4v) is 5.48. The molecule has 1 aliphatic heterocycles. The van der Waals surface area contributed by atoms with Crippen LogP contribution in [-0.4, -0.2) is 50.4 Å². The highest BCUT2D eigenvalue weighted by Gasteiger charge is 2.37. The first-order chi connectivity index (χ1) is 15.8. The lowest BCUT2D eigenvalue weighted by Crippen LogP contribution is -2.49. The molecule has 0 radical (unpaired) electrons. The second kappa shape index (κ2) is 8.50. The highest BCUT2D eigenvalue weighted by Crippen LogP contribution is 2.36. The molecule has 2 aliphatic rings. The Morgan fingerprint density at radius 2 is 1.76 bits per heavy atom. The van der Waals surface area contributed by atoms with Crippen LogP contribution in [0.4, 0.5) is 5.88 Å². The fourth-order valence-electron chi connectivity index (χ4n) is 3.97. The molecule has 0 unspecified atom stereocenters. The Kier molecular flexibility index (Phi) is 5.66. The molecule has 5 rings (SSSR count). The number of benzene rings is 2. The molecule has 172 valence electrons. The molecular formula is C24H24ClN3O4S. The van der Waals surface area contributed by atoms with Gasteiger partial charge in [-0.25, -0.2) is 8.42 Å². The minimum atomic E-state index is -3.93. The van der Waals surface area contributed by atoms with Gasteiger partial charge in [-0.05, 0) is 50.1 Å². The van der Waals surface area contributed by atoms with Gasteiger partial charge < -0.3 is 14.2 Å². The molecule has 1 aromatic heterocycles. The van der Waals surface area contributed by atoms with E-state index in [-0.39, 0.29) is 33.5 Å². The number of sulfone groups is 1. The Morgan fingerprint density at radius 3 is 2.39 bits per heavy atom. The van der Waals surface area contributed by atoms with Crippen LogP contribution in [0.3, 0.4) is 0 Å². The van der Waals surface area contributed by atoms with Crippen LogP contribution < -0.4 is 4.90 Å². The molecule has 33 heavy (non-hydrogen) atoms. The first kappa shape index (κ1) is 22.0. The van der Waals surface area contributed by atoms with E-state index >= 15 is 0 Å². The number of aryl methyl sites for hydroxylation is 1. The third-order valence-electron chi connectivity index (χ3n) is 6.04. The highest BCUT2D eigenvalue weighted by atomic mass is 35.5. The molecule has 2 heterocycles. The van der Waals surface area contributed by atoms with E-state index in [0.717, 1.165) is 18.4 Å². The number of aromatic nitrogens is 1. The SMILES string of the molecule is Cc1ccc(S(=O)(=O)c2nc(-c3cccc(Cl)c3)oc2N2CCN(C(=O)C3CC3)CC2)cc1. The van der Waals surface area contributed by atoms with Crippen LogP contribution in [-0.2, 0) is 14.6 Å². The van der Waals surface area contributed by atoms with Gasteiger partial charge in [0.15, 0.2) is 0 Å². The van der Waals surface area contributed by atoms with Gasteiger partial charge in [-0.3, -0.25) is 4.79 Å². The smallest absolute Gasteiger partial charge is 0.236 e. The van der Waals surface area contributed by atoms with Crippen LogP contribution in [0.15, 0.2) is 62.9 Å². The normalized spacial score (nSPS) is 16.8. The third-order valence-corrected chi connectivity index (χ3v) is 7.94. The fraction of sp³-hybridized carbons (Fsp3) is 0.333. The topological polar surface area (TPSA) is 83.7 Å². The highest BCUT2D eigenvalue weighted by molar-refractivity contribution is 7.91. The maximum atomic E-state index is 13.6. The molecule has 1 amide bonds. The lowest BCUT2D eigenvalue weighted by Gasteiger charge is -2.34. The average molecular weight is 486 g/mol. The maximum Gasteiger partial charge on any atom is 0.236 e. The van der Waals surface area contributed by atoms with Crippen molar-refractivity contribution in [3.05, 3.63) is 59.1 Å². The molecule has 1 saturated carbocycles. The van der Waals surface area contributed by atoms with Gasteiger partial charge >= 0.3 is 0 Å². The minimum absolute atomic E-state index is 0.122. The number of carbonyl (C=O) groups excluding carboxylic acids is 1. The quantitative estimate of drug-likeness (QED) is 0.538. The van der Waals surface area contributed by atoms with Crippen LogP contribution >= 0.6 is 11.6 Å². The number of amides is 1. The average Bonchev–Trinajstić information content (AvgIpc) is 3.56. The van der Waals surface area contributed by atoms with E-state index in [2.05, 4.69) is 4.98 Å². The monoisotopic (exact) mass is 485 g/mol. The number of rotatable bonds is 5. The van der Waals surface area contributed by atoms with Crippen LogP contribution in [0.5, 0.6) is 0 Å². The number of oxazole rings is 1. The zero-order valence-electron chi connectivity index (χ0n) is 18.2. The summed E-state index contributed by atoms with van der Waals surface area (Å²) in [6.45, 7) is 3.88. The van der Waals surface area contributed by atoms with Crippen molar-refractivity contribution < 1.29 is 17.6 Å². The van der Waals surface area contributed by atoms with Crippen molar-refractivity contribution in [3.63, 3.8) is 0 Å². The lowest BCUT2D eigenvalue weighted by atomic mass is 10.2. The van der Waals surface area contributed by atoms with E-state index < -0.39 is 9.84 Å². The Morgan fingerprint density at radius 1 is 1.06 bits per heavy atom. The first-order valence-electron chi connectivity index (χ1n) is 11.0. The molecule has 2 aromatic carbocycles. The van der Waals surface area contributed by atoms with Crippen LogP contribution in [0.1, 0.15) is 18.4 Å². The molecule has 2 fully saturated rings. The molecular weight excluding hydrogens is 462 g/mol. The van der Waals surface area contributed by atoms with Gasteiger partial charge in [0.1, 0.15) is 0 Å². The largest absolute Gasteiger partial charge is 0.419 e. The maximum absolute atomic E-state index is 13.6. The molecule has 0 N–H and O–H groups in total. The lowest BCUT2D eigenvalue weighted by molar-refractivity contribution is -0.132. The number of carbonyl (C=O) groups is 1. The summed E-state index contributed by atoms with van der Waals surface area (Å²) in [5.41, 5.74) is 1.56. The van der Waals surface area contributed by atoms with E-state index in [0.29, 0.717) is 36.8 Å². The predicted molar refractivity (Wildman–Crippen MR) is 125 cm³/mol. The number of piperazine rings is 1. The number of anilines is 1. The molecule has 1 aliphatic carbocycles. The van der Waals surface area contributed by atoms with Crippen molar-refractivity contribution in [2.45, 2.75) is 29.7 Å². The second-order valence-electron chi connectivity index (χ2n) is 8.54. The minimum Gasteiger partial charge on any atom is -0.419 e. The van der Waals surface area contributed by atoms with Crippen molar-refractivity contribution in [1.82, 2.24) is 9.88 Å². The van der Waals surface area contributed by atoms with Crippen LogP contribution in [0, 0.1) is 12.8 Å². The number of hydrogen-bond donors (Lipinski definition) is 0. The Labute approximate surface area is 197 Å². The van der Waals surface area contributed by atoms with Gasteiger partial charge in [0.25, 0.3) is 0 Å². The molecule has 0 atom stereocenters. The summed E-state index contributed by atoms with van der Waals surface area (Å²) in [6.07, 6.45) is 1.92. The third kappa shape index (κ3) is 4.37. The summed E-state index contributed by atoms with van der Waals surface area (Å²) in [7, 11) is -3.93. The molecule has 1 saturated heterocycles. The molecule has 3 aromatic rings. The zero-order chi connectivity index (χ0) is 23.2. The van der Waals surface area contributed by atoms with Crippen molar-refractivity contribution in [2.75, 3.05) is 31.1 Å². The molecule has 7 nitrogen and oxygen atoms in total. The Bertz CT molecular complexity index is 1290. The van der Waals surface area contributed by atoms with Gasteiger partial charge in [-0.1, -0.05) is 35.4 Å². The molecule has 9 heteroatoms. The second-order valence-corrected chi connectivity index (χ2v) is 10.8. The summed E-state index contributed by atoms with van der Waals surface area (Å²) < 4.78 is 33.2. The number of hydrogen-bond acceptors (Lipinski definition) is 6. The van der Waals surface area contributed by atoms with E-state index in [1.54, 1.807) is 48.5 Å². The first-order valence-corrected chi connectivity index (χ1v) is 12.8. The summed E-state index contributed by atoms with van der Waals surface area (Å²) in [6, 6.07) is 13.6. The molecule has 0 bridgehead atoms. The zero-order valence-corrected chi connectivity index (χ0v) is 19.8. The predicted octanol–water partition coefficient (Wildman–Crippen LogP) is 4.19. The summed E-state index contributed by atoms with van der Waals surface area (Å²) in [4.78, 5) is 20.7. The van der Waals surface area contributed by atoms with Gasteiger partial charge in [-0.15, -0.1) is 0 Å². The van der Waals surface area contributed by atoms with Crippen molar-refractivity contribution in [3.8, 4) is 11.5 Å². The van der Waals surface area contributed by atoms with Crippen LogP contribution in [0.25, 0.3) is 11.5 Å². The Balaban J connectivity index is 1.52. The van der Waals surface area contributed by atoms with E-state index in [1.165, 1.54) is 0 Å². The van der Waals surface area contributed by atoms with Crippen molar-refractivity contribution in [1.29, 1.82) is 0 Å². The Hall–Kier alpha value is -2.84. The van der Waals surface area contributed by atoms with E-state index in [4.69, 9.17) is 16.0 Å². The molecule has 0 spiro atoms. The van der Waals surface area contributed by atoms with Gasteiger partial charge in [0.05, 0.1) is 4.90 Å². The summed E-state index contributed by atoms with van der Waals surface area (Å²) in [5, 5.41) is 0.380. The number of nitrogens with zero attached hydrogens (tertiary/aromatic N) is 3. The van der Waals surface area contributed by atoms with E-state index in [1.807, 2.05) is 16.7 Å². The van der Waals surface area contributed by atoms with Crippen LogP contribution in [0.2, 0.25) is 5.02 Å². The van der Waals surface area contributed by atoms with Gasteiger partial charge in [0, 0.05) is 42.7 Å². The van der Waals surface area contributed by atoms with Gasteiger partial charge in [-0.2, -0.15) is 4.98 Å². The van der Waals surface area contributed by atoms with Crippen molar-refractivity contribution >= 4 is 33.2 Å². The van der Waals surface area contributed by atoms with Crippen molar-refractivity contribution in [2.24, 2.45) is 5.92 Å².